The lowest BCUT2D eigenvalue weighted by Gasteiger charge is -2.38. The summed E-state index contributed by atoms with van der Waals surface area (Å²) < 4.78 is 21.4. The summed E-state index contributed by atoms with van der Waals surface area (Å²) in [6.07, 6.45) is 7.27. The van der Waals surface area contributed by atoms with Crippen LogP contribution in [0.25, 0.3) is 16.9 Å². The molecule has 4 saturated heterocycles. The number of ether oxygens (including phenoxy) is 3. The Morgan fingerprint density at radius 2 is 1.87 bits per heavy atom. The van der Waals surface area contributed by atoms with Crippen LogP contribution in [0.2, 0.25) is 0 Å². The van der Waals surface area contributed by atoms with Crippen molar-refractivity contribution in [2.75, 3.05) is 49.4 Å². The van der Waals surface area contributed by atoms with Gasteiger partial charge in [0.1, 0.15) is 12.0 Å². The number of anilines is 2. The fraction of sp³-hybridized carbons (Fsp3) is 0.643. The molecule has 5 atom stereocenters. The maximum Gasteiger partial charge on any atom is 0.177 e. The molecule has 0 N–H and O–H groups in total. The van der Waals surface area contributed by atoms with E-state index in [4.69, 9.17) is 29.4 Å². The first kappa shape index (κ1) is 24.8. The Hall–Kier alpha value is -3.20. The Kier molecular flexibility index (Phi) is 6.41. The Morgan fingerprint density at radius 3 is 2.62 bits per heavy atom. The second-order valence-electron chi connectivity index (χ2n) is 11.3. The van der Waals surface area contributed by atoms with Gasteiger partial charge in [0, 0.05) is 37.5 Å². The summed E-state index contributed by atoms with van der Waals surface area (Å²) in [5, 5.41) is 20.8. The third-order valence-electron chi connectivity index (χ3n) is 8.68. The Labute approximate surface area is 228 Å². The number of hydrogen-bond donors (Lipinski definition) is 0. The molecule has 0 amide bonds. The third-order valence-corrected chi connectivity index (χ3v) is 8.68. The molecule has 7 rings (SSSR count). The van der Waals surface area contributed by atoms with Crippen LogP contribution in [-0.4, -0.2) is 82.2 Å². The average molecular weight is 533 g/mol. The van der Waals surface area contributed by atoms with Gasteiger partial charge in [0.25, 0.3) is 0 Å². The van der Waals surface area contributed by atoms with Crippen LogP contribution in [0, 0.1) is 11.3 Å². The van der Waals surface area contributed by atoms with E-state index in [1.807, 2.05) is 28.6 Å². The highest BCUT2D eigenvalue weighted by atomic mass is 16.5. The van der Waals surface area contributed by atoms with Gasteiger partial charge in [0.2, 0.25) is 0 Å². The van der Waals surface area contributed by atoms with Crippen LogP contribution in [0.4, 0.5) is 11.5 Å². The second kappa shape index (κ2) is 10.1. The number of fused-ring (bicyclic) bond motifs is 3. The Bertz CT molecular complexity index is 1370. The van der Waals surface area contributed by atoms with Crippen molar-refractivity contribution in [1.29, 1.82) is 5.26 Å². The minimum Gasteiger partial charge on any atom is -0.377 e. The van der Waals surface area contributed by atoms with Crippen molar-refractivity contribution < 1.29 is 14.2 Å². The summed E-state index contributed by atoms with van der Waals surface area (Å²) in [6.45, 7) is 8.39. The van der Waals surface area contributed by atoms with Crippen LogP contribution in [-0.2, 0) is 14.2 Å². The van der Waals surface area contributed by atoms with Crippen molar-refractivity contribution in [3.63, 3.8) is 0 Å². The predicted octanol–water partition coefficient (Wildman–Crippen LogP) is 3.54. The Balaban J connectivity index is 1.42. The number of rotatable bonds is 5. The fourth-order valence-corrected chi connectivity index (χ4v) is 6.61. The standard InChI is InChI=1S/C28H36N8O3/c1-18(14-29)27-26-22(33-10-12-37-15-19(33)2)13-24(35-20-6-7-21(35)17-38-16-20)30-28(26)36(32-27)23-8-9-34(31-23)25-5-3-4-11-39-25/h8-9,13,18-21,25H,3-7,10-12,15-17H2,1-2H3/t18?,19-,20?,21?,25?/m1/s1. The number of morpholine rings is 2. The van der Waals surface area contributed by atoms with Gasteiger partial charge in [-0.1, -0.05) is 0 Å². The van der Waals surface area contributed by atoms with Crippen LogP contribution in [0.3, 0.4) is 0 Å². The van der Waals surface area contributed by atoms with Gasteiger partial charge in [0.15, 0.2) is 11.5 Å². The average Bonchev–Trinajstić information content (AvgIpc) is 3.67. The SMILES string of the molecule is CC(C#N)c1nn(-c2ccn(C3CCCCO3)n2)c2nc(N3C4CCC3COC4)cc(N3CCOC[C@H]3C)c12. The number of aromatic nitrogens is 5. The molecule has 4 aliphatic heterocycles. The molecule has 3 aromatic heterocycles. The molecule has 3 aromatic rings. The Morgan fingerprint density at radius 1 is 1.03 bits per heavy atom. The lowest BCUT2D eigenvalue weighted by molar-refractivity contribution is -0.0395. The van der Waals surface area contributed by atoms with Crippen LogP contribution in [0.15, 0.2) is 18.3 Å². The quantitative estimate of drug-likeness (QED) is 0.488. The van der Waals surface area contributed by atoms with Gasteiger partial charge in [-0.05, 0) is 46.0 Å². The summed E-state index contributed by atoms with van der Waals surface area (Å²) >= 11 is 0. The monoisotopic (exact) mass is 532 g/mol. The van der Waals surface area contributed by atoms with Crippen molar-refractivity contribution >= 4 is 22.5 Å². The molecule has 11 heteroatoms. The van der Waals surface area contributed by atoms with E-state index in [9.17, 15) is 5.26 Å². The van der Waals surface area contributed by atoms with Crippen molar-refractivity contribution in [1.82, 2.24) is 24.5 Å². The lowest BCUT2D eigenvalue weighted by atomic mass is 10.0. The molecule has 0 radical (unpaired) electrons. The molecule has 0 spiro atoms. The minimum atomic E-state index is -0.403. The van der Waals surface area contributed by atoms with Crippen LogP contribution < -0.4 is 9.80 Å². The van der Waals surface area contributed by atoms with E-state index in [-0.39, 0.29) is 12.3 Å². The first-order valence-corrected chi connectivity index (χ1v) is 14.3. The van der Waals surface area contributed by atoms with Gasteiger partial charge in [-0.15, -0.1) is 0 Å². The van der Waals surface area contributed by atoms with E-state index in [2.05, 4.69) is 28.9 Å². The molecule has 39 heavy (non-hydrogen) atoms. The van der Waals surface area contributed by atoms with Crippen LogP contribution >= 0.6 is 0 Å². The normalized spacial score (nSPS) is 28.1. The van der Waals surface area contributed by atoms with E-state index in [1.54, 1.807) is 0 Å². The van der Waals surface area contributed by atoms with Crippen molar-refractivity contribution in [2.45, 2.75) is 76.2 Å². The zero-order valence-corrected chi connectivity index (χ0v) is 22.7. The summed E-state index contributed by atoms with van der Waals surface area (Å²) in [5.41, 5.74) is 2.53. The zero-order chi connectivity index (χ0) is 26.5. The zero-order valence-electron chi connectivity index (χ0n) is 22.7. The number of nitrogens with zero attached hydrogens (tertiary/aromatic N) is 8. The smallest absolute Gasteiger partial charge is 0.177 e. The van der Waals surface area contributed by atoms with E-state index in [0.29, 0.717) is 31.1 Å². The van der Waals surface area contributed by atoms with Gasteiger partial charge in [-0.2, -0.15) is 20.1 Å². The number of pyridine rings is 1. The van der Waals surface area contributed by atoms with Crippen LogP contribution in [0.1, 0.15) is 63.8 Å². The topological polar surface area (TPSA) is 106 Å². The van der Waals surface area contributed by atoms with E-state index in [1.165, 1.54) is 0 Å². The highest BCUT2D eigenvalue weighted by Gasteiger charge is 2.39. The summed E-state index contributed by atoms with van der Waals surface area (Å²) in [5.74, 6) is 1.22. The molecule has 2 bridgehead atoms. The first-order chi connectivity index (χ1) is 19.1. The van der Waals surface area contributed by atoms with Gasteiger partial charge < -0.3 is 24.0 Å². The molecule has 0 saturated carbocycles. The molecule has 7 heterocycles. The largest absolute Gasteiger partial charge is 0.377 e. The van der Waals surface area contributed by atoms with Crippen LogP contribution in [0.5, 0.6) is 0 Å². The highest BCUT2D eigenvalue weighted by molar-refractivity contribution is 5.95. The van der Waals surface area contributed by atoms with E-state index < -0.39 is 5.92 Å². The highest BCUT2D eigenvalue weighted by Crippen LogP contribution is 2.41. The minimum absolute atomic E-state index is 0.0657. The second-order valence-corrected chi connectivity index (χ2v) is 11.3. The van der Waals surface area contributed by atoms with E-state index in [0.717, 1.165) is 86.7 Å². The molecular weight excluding hydrogens is 496 g/mol. The fourth-order valence-electron chi connectivity index (χ4n) is 6.61. The molecule has 4 fully saturated rings. The van der Waals surface area contributed by atoms with Gasteiger partial charge in [-0.3, -0.25) is 0 Å². The van der Waals surface area contributed by atoms with Gasteiger partial charge in [0.05, 0.1) is 67.3 Å². The molecule has 4 aliphatic rings. The maximum absolute atomic E-state index is 9.98. The summed E-state index contributed by atoms with van der Waals surface area (Å²) in [4.78, 5) is 10.1. The summed E-state index contributed by atoms with van der Waals surface area (Å²) in [7, 11) is 0. The van der Waals surface area contributed by atoms with Crippen molar-refractivity contribution in [3.8, 4) is 11.9 Å². The molecule has 0 aliphatic carbocycles. The lowest BCUT2D eigenvalue weighted by Crippen LogP contribution is -2.47. The van der Waals surface area contributed by atoms with E-state index >= 15 is 0 Å². The molecular formula is C28H36N8O3. The van der Waals surface area contributed by atoms with Crippen molar-refractivity contribution in [3.05, 3.63) is 24.0 Å². The maximum atomic E-state index is 9.98. The van der Waals surface area contributed by atoms with Crippen molar-refractivity contribution in [2.24, 2.45) is 0 Å². The molecule has 0 aromatic carbocycles. The third kappa shape index (κ3) is 4.26. The number of nitriles is 1. The predicted molar refractivity (Wildman–Crippen MR) is 145 cm³/mol. The first-order valence-electron chi connectivity index (χ1n) is 14.3. The molecule has 206 valence electrons. The summed E-state index contributed by atoms with van der Waals surface area (Å²) in [6, 6.07) is 7.43. The number of hydrogen-bond acceptors (Lipinski definition) is 9. The van der Waals surface area contributed by atoms with Gasteiger partial charge >= 0.3 is 0 Å². The molecule has 4 unspecified atom stereocenters. The molecule has 11 nitrogen and oxygen atoms in total. The van der Waals surface area contributed by atoms with Gasteiger partial charge in [-0.25, -0.2) is 9.67 Å².